The molecule has 3 unspecified atom stereocenters. The van der Waals surface area contributed by atoms with Crippen molar-refractivity contribution in [3.8, 4) is 0 Å². The summed E-state index contributed by atoms with van der Waals surface area (Å²) in [7, 11) is 1.96. The van der Waals surface area contributed by atoms with Gasteiger partial charge in [0.2, 0.25) is 5.91 Å². The lowest BCUT2D eigenvalue weighted by Gasteiger charge is -2.30. The van der Waals surface area contributed by atoms with Gasteiger partial charge in [-0.1, -0.05) is 6.42 Å². The number of aryl methyl sites for hydroxylation is 1. The second kappa shape index (κ2) is 9.76. The van der Waals surface area contributed by atoms with Crippen LogP contribution < -0.4 is 16.0 Å². The SMILES string of the molecule is Cc1nnc(CN=C(NCC2CCCO2)NC2CCCC(C(=O)NC3CC3)C2)n1C. The minimum absolute atomic E-state index is 0.0951. The summed E-state index contributed by atoms with van der Waals surface area (Å²) in [5.74, 6) is 2.79. The van der Waals surface area contributed by atoms with Crippen LogP contribution >= 0.6 is 0 Å². The molecule has 3 fully saturated rings. The molecule has 4 rings (SSSR count). The molecule has 0 radical (unpaired) electrons. The van der Waals surface area contributed by atoms with Gasteiger partial charge in [0.05, 0.1) is 6.10 Å². The predicted molar refractivity (Wildman–Crippen MR) is 114 cm³/mol. The Kier molecular flexibility index (Phi) is 6.86. The average molecular weight is 418 g/mol. The monoisotopic (exact) mass is 417 g/mol. The van der Waals surface area contributed by atoms with E-state index < -0.39 is 0 Å². The molecule has 9 nitrogen and oxygen atoms in total. The molecule has 0 bridgehead atoms. The summed E-state index contributed by atoms with van der Waals surface area (Å²) in [6.07, 6.45) is 8.63. The molecule has 2 saturated carbocycles. The minimum Gasteiger partial charge on any atom is -0.376 e. The van der Waals surface area contributed by atoms with Crippen molar-refractivity contribution in [1.82, 2.24) is 30.7 Å². The van der Waals surface area contributed by atoms with Crippen molar-refractivity contribution in [3.05, 3.63) is 11.6 Å². The minimum atomic E-state index is 0.0951. The number of aromatic nitrogens is 3. The number of rotatable bonds is 7. The van der Waals surface area contributed by atoms with Crippen LogP contribution in [0.5, 0.6) is 0 Å². The molecule has 3 aliphatic rings. The molecule has 2 heterocycles. The van der Waals surface area contributed by atoms with Crippen molar-refractivity contribution in [1.29, 1.82) is 0 Å². The summed E-state index contributed by atoms with van der Waals surface area (Å²) in [6.45, 7) is 3.97. The second-order valence-corrected chi connectivity index (χ2v) is 8.89. The lowest BCUT2D eigenvalue weighted by Crippen LogP contribution is -2.48. The van der Waals surface area contributed by atoms with E-state index in [2.05, 4.69) is 26.1 Å². The standard InChI is InChI=1S/C21H35N7O2/c1-14-26-27-19(28(14)2)13-23-21(22-12-18-7-4-10-30-18)25-17-6-3-5-15(11-17)20(29)24-16-8-9-16/h15-18H,3-13H2,1-2H3,(H,24,29)(H2,22,23,25). The van der Waals surface area contributed by atoms with Crippen LogP contribution in [-0.2, 0) is 23.1 Å². The fourth-order valence-electron chi connectivity index (χ4n) is 4.21. The van der Waals surface area contributed by atoms with Gasteiger partial charge in [-0.2, -0.15) is 0 Å². The Balaban J connectivity index is 1.36. The van der Waals surface area contributed by atoms with Gasteiger partial charge in [-0.3, -0.25) is 4.79 Å². The molecule has 1 saturated heterocycles. The van der Waals surface area contributed by atoms with E-state index in [4.69, 9.17) is 9.73 Å². The fourth-order valence-corrected chi connectivity index (χ4v) is 4.21. The molecule has 30 heavy (non-hydrogen) atoms. The summed E-state index contributed by atoms with van der Waals surface area (Å²) >= 11 is 0. The summed E-state index contributed by atoms with van der Waals surface area (Å²) in [6, 6.07) is 0.663. The zero-order valence-electron chi connectivity index (χ0n) is 18.2. The van der Waals surface area contributed by atoms with E-state index in [1.165, 1.54) is 0 Å². The molecule has 1 aromatic rings. The number of hydrogen-bond acceptors (Lipinski definition) is 5. The number of nitrogens with one attached hydrogen (secondary N) is 3. The van der Waals surface area contributed by atoms with Gasteiger partial charge in [-0.15, -0.1) is 10.2 Å². The van der Waals surface area contributed by atoms with Crippen molar-refractivity contribution in [2.45, 2.75) is 83.0 Å². The van der Waals surface area contributed by atoms with Gasteiger partial charge in [-0.25, -0.2) is 4.99 Å². The maximum absolute atomic E-state index is 12.5. The van der Waals surface area contributed by atoms with Gasteiger partial charge in [-0.05, 0) is 51.9 Å². The van der Waals surface area contributed by atoms with Crippen molar-refractivity contribution in [3.63, 3.8) is 0 Å². The molecule has 166 valence electrons. The Morgan fingerprint density at radius 3 is 2.70 bits per heavy atom. The Morgan fingerprint density at radius 1 is 1.13 bits per heavy atom. The van der Waals surface area contributed by atoms with Gasteiger partial charge in [0.15, 0.2) is 11.8 Å². The Hall–Kier alpha value is -2.16. The van der Waals surface area contributed by atoms with Crippen molar-refractivity contribution < 1.29 is 9.53 Å². The average Bonchev–Trinajstić information content (AvgIpc) is 3.29. The number of amides is 1. The summed E-state index contributed by atoms with van der Waals surface area (Å²) in [5.41, 5.74) is 0. The van der Waals surface area contributed by atoms with Gasteiger partial charge in [0.1, 0.15) is 12.4 Å². The first-order valence-corrected chi connectivity index (χ1v) is 11.4. The highest BCUT2D eigenvalue weighted by atomic mass is 16.5. The van der Waals surface area contributed by atoms with Gasteiger partial charge < -0.3 is 25.3 Å². The van der Waals surface area contributed by atoms with E-state index in [-0.39, 0.29) is 24.0 Å². The number of aliphatic imine (C=N–C) groups is 1. The zero-order chi connectivity index (χ0) is 20.9. The van der Waals surface area contributed by atoms with E-state index in [1.807, 2.05) is 18.5 Å². The summed E-state index contributed by atoms with van der Waals surface area (Å²) in [4.78, 5) is 17.3. The summed E-state index contributed by atoms with van der Waals surface area (Å²) in [5, 5.41) is 18.5. The first kappa shape index (κ1) is 21.1. The predicted octanol–water partition coefficient (Wildman–Crippen LogP) is 1.18. The van der Waals surface area contributed by atoms with E-state index in [0.717, 1.165) is 82.1 Å². The maximum atomic E-state index is 12.5. The van der Waals surface area contributed by atoms with Crippen LogP contribution in [0, 0.1) is 12.8 Å². The number of nitrogens with zero attached hydrogens (tertiary/aromatic N) is 4. The third-order valence-electron chi connectivity index (χ3n) is 6.39. The van der Waals surface area contributed by atoms with Crippen molar-refractivity contribution >= 4 is 11.9 Å². The van der Waals surface area contributed by atoms with Crippen LogP contribution in [0.4, 0.5) is 0 Å². The maximum Gasteiger partial charge on any atom is 0.223 e. The van der Waals surface area contributed by atoms with Crippen molar-refractivity contribution in [2.75, 3.05) is 13.2 Å². The second-order valence-electron chi connectivity index (χ2n) is 8.89. The highest BCUT2D eigenvalue weighted by molar-refractivity contribution is 5.81. The van der Waals surface area contributed by atoms with Crippen molar-refractivity contribution in [2.24, 2.45) is 18.0 Å². The van der Waals surface area contributed by atoms with Crippen LogP contribution in [-0.4, -0.2) is 58.0 Å². The molecule has 0 aromatic carbocycles. The number of hydrogen-bond donors (Lipinski definition) is 3. The van der Waals surface area contributed by atoms with Crippen LogP contribution in [0.15, 0.2) is 4.99 Å². The topological polar surface area (TPSA) is 105 Å². The molecular formula is C21H35N7O2. The Morgan fingerprint density at radius 2 is 2.00 bits per heavy atom. The van der Waals surface area contributed by atoms with E-state index in [0.29, 0.717) is 12.6 Å². The number of guanidine groups is 1. The van der Waals surface area contributed by atoms with Crippen LogP contribution in [0.2, 0.25) is 0 Å². The third-order valence-corrected chi connectivity index (χ3v) is 6.39. The molecular weight excluding hydrogens is 382 g/mol. The molecule has 1 aliphatic heterocycles. The summed E-state index contributed by atoms with van der Waals surface area (Å²) < 4.78 is 7.70. The van der Waals surface area contributed by atoms with Gasteiger partial charge in [0.25, 0.3) is 0 Å². The number of carbonyl (C=O) groups is 1. The largest absolute Gasteiger partial charge is 0.376 e. The van der Waals surface area contributed by atoms with E-state index in [9.17, 15) is 4.79 Å². The zero-order valence-corrected chi connectivity index (χ0v) is 18.2. The molecule has 1 aromatic heterocycles. The van der Waals surface area contributed by atoms with Gasteiger partial charge >= 0.3 is 0 Å². The highest BCUT2D eigenvalue weighted by Gasteiger charge is 2.31. The van der Waals surface area contributed by atoms with Crippen LogP contribution in [0.3, 0.4) is 0 Å². The molecule has 9 heteroatoms. The number of ether oxygens (including phenoxy) is 1. The van der Waals surface area contributed by atoms with Crippen LogP contribution in [0.1, 0.15) is 63.0 Å². The Labute approximate surface area is 178 Å². The quantitative estimate of drug-likeness (QED) is 0.454. The lowest BCUT2D eigenvalue weighted by atomic mass is 9.85. The first-order chi connectivity index (χ1) is 14.6. The molecule has 2 aliphatic carbocycles. The molecule has 1 amide bonds. The smallest absolute Gasteiger partial charge is 0.223 e. The third kappa shape index (κ3) is 5.71. The highest BCUT2D eigenvalue weighted by Crippen LogP contribution is 2.26. The van der Waals surface area contributed by atoms with E-state index in [1.54, 1.807) is 0 Å². The normalized spacial score (nSPS) is 27.1. The molecule has 0 spiro atoms. The lowest BCUT2D eigenvalue weighted by molar-refractivity contribution is -0.126. The Bertz CT molecular complexity index is 753. The van der Waals surface area contributed by atoms with Gasteiger partial charge in [0, 0.05) is 38.2 Å². The fraction of sp³-hybridized carbons (Fsp3) is 0.810. The molecule has 3 N–H and O–H groups in total. The molecule has 3 atom stereocenters. The first-order valence-electron chi connectivity index (χ1n) is 11.4. The van der Waals surface area contributed by atoms with E-state index >= 15 is 0 Å². The van der Waals surface area contributed by atoms with Crippen LogP contribution in [0.25, 0.3) is 0 Å². The number of carbonyl (C=O) groups excluding carboxylic acids is 1.